The number of thiophene rings is 1. The number of sulfonamides is 1. The van der Waals surface area contributed by atoms with Gasteiger partial charge < -0.3 is 0 Å². The number of amides is 1. The van der Waals surface area contributed by atoms with Crippen LogP contribution in [0.5, 0.6) is 0 Å². The molecule has 0 radical (unpaired) electrons. The summed E-state index contributed by atoms with van der Waals surface area (Å²) in [4.78, 5) is 15.6. The van der Waals surface area contributed by atoms with Crippen molar-refractivity contribution in [3.05, 3.63) is 17.0 Å². The van der Waals surface area contributed by atoms with E-state index in [1.54, 1.807) is 12.1 Å². The molecule has 4 aliphatic rings. The standard InChI is InChI=1S/C17H24N2O3S2/c1-11-2-3-16(23-11)24(21,22)19-18-15(20)10-17-7-12-4-13(8-17)6-14(5-12)9-17/h2-3,12-14,19H,4-10H2,1H3,(H,18,20). The molecule has 5 rings (SSSR count). The van der Waals surface area contributed by atoms with Crippen molar-refractivity contribution in [2.24, 2.45) is 23.2 Å². The molecule has 0 saturated heterocycles. The zero-order valence-corrected chi connectivity index (χ0v) is 15.5. The summed E-state index contributed by atoms with van der Waals surface area (Å²) in [7, 11) is -3.66. The molecule has 1 amide bonds. The van der Waals surface area contributed by atoms with Crippen LogP contribution in [0, 0.1) is 30.1 Å². The molecular formula is C17H24N2O3S2. The molecule has 1 aromatic rings. The molecule has 24 heavy (non-hydrogen) atoms. The molecule has 4 fully saturated rings. The topological polar surface area (TPSA) is 75.3 Å². The molecular weight excluding hydrogens is 344 g/mol. The minimum atomic E-state index is -3.66. The van der Waals surface area contributed by atoms with E-state index in [1.165, 1.54) is 30.6 Å². The number of hydrogen-bond donors (Lipinski definition) is 2. The average molecular weight is 369 g/mol. The minimum absolute atomic E-state index is 0.115. The van der Waals surface area contributed by atoms with Crippen molar-refractivity contribution in [3.8, 4) is 0 Å². The van der Waals surface area contributed by atoms with E-state index in [1.807, 2.05) is 6.92 Å². The van der Waals surface area contributed by atoms with Gasteiger partial charge in [-0.15, -0.1) is 16.2 Å². The van der Waals surface area contributed by atoms with Crippen molar-refractivity contribution in [1.82, 2.24) is 10.3 Å². The molecule has 0 aliphatic heterocycles. The summed E-state index contributed by atoms with van der Waals surface area (Å²) < 4.78 is 24.6. The second-order valence-electron chi connectivity index (χ2n) is 8.11. The summed E-state index contributed by atoms with van der Waals surface area (Å²) in [5, 5.41) is 0. The number of hydrazine groups is 1. The van der Waals surface area contributed by atoms with Crippen LogP contribution in [-0.2, 0) is 14.8 Å². The zero-order chi connectivity index (χ0) is 16.9. The fourth-order valence-corrected chi connectivity index (χ4v) is 7.77. The van der Waals surface area contributed by atoms with Crippen molar-refractivity contribution in [3.63, 3.8) is 0 Å². The quantitative estimate of drug-likeness (QED) is 0.785. The van der Waals surface area contributed by atoms with Gasteiger partial charge in [0, 0.05) is 11.3 Å². The lowest BCUT2D eigenvalue weighted by Crippen LogP contribution is -2.49. The summed E-state index contributed by atoms with van der Waals surface area (Å²) in [5.74, 6) is 2.16. The lowest BCUT2D eigenvalue weighted by atomic mass is 9.49. The first-order valence-corrected chi connectivity index (χ1v) is 11.0. The van der Waals surface area contributed by atoms with Gasteiger partial charge in [0.15, 0.2) is 0 Å². The fraction of sp³-hybridized carbons (Fsp3) is 0.706. The lowest BCUT2D eigenvalue weighted by Gasteiger charge is -2.56. The van der Waals surface area contributed by atoms with Crippen LogP contribution in [0.2, 0.25) is 0 Å². The summed E-state index contributed by atoms with van der Waals surface area (Å²) in [5.41, 5.74) is 2.55. The molecule has 4 saturated carbocycles. The van der Waals surface area contributed by atoms with Gasteiger partial charge in [0.05, 0.1) is 0 Å². The third-order valence-electron chi connectivity index (χ3n) is 6.01. The molecule has 0 atom stereocenters. The number of nitrogens with one attached hydrogen (secondary N) is 2. The maximum absolute atomic E-state index is 12.4. The van der Waals surface area contributed by atoms with Crippen LogP contribution in [0.15, 0.2) is 16.3 Å². The van der Waals surface area contributed by atoms with Gasteiger partial charge in [-0.2, -0.15) is 0 Å². The van der Waals surface area contributed by atoms with Gasteiger partial charge in [-0.1, -0.05) is 0 Å². The summed E-state index contributed by atoms with van der Waals surface area (Å²) in [6.07, 6.45) is 7.89. The third kappa shape index (κ3) is 3.13. The lowest BCUT2D eigenvalue weighted by molar-refractivity contribution is -0.129. The first-order chi connectivity index (χ1) is 11.3. The van der Waals surface area contributed by atoms with E-state index in [0.29, 0.717) is 6.42 Å². The average Bonchev–Trinajstić information content (AvgIpc) is 2.91. The third-order valence-corrected chi connectivity index (χ3v) is 8.75. The van der Waals surface area contributed by atoms with E-state index in [4.69, 9.17) is 0 Å². The Hall–Kier alpha value is -0.920. The van der Waals surface area contributed by atoms with Crippen molar-refractivity contribution in [1.29, 1.82) is 0 Å². The van der Waals surface area contributed by atoms with Crippen molar-refractivity contribution < 1.29 is 13.2 Å². The Bertz CT molecular complexity index is 718. The molecule has 0 aromatic carbocycles. The van der Waals surface area contributed by atoms with Crippen LogP contribution >= 0.6 is 11.3 Å². The van der Waals surface area contributed by atoms with Crippen molar-refractivity contribution >= 4 is 27.3 Å². The number of carbonyl (C=O) groups excluding carboxylic acids is 1. The second-order valence-corrected chi connectivity index (χ2v) is 11.3. The molecule has 132 valence electrons. The number of carbonyl (C=O) groups is 1. The summed E-state index contributed by atoms with van der Waals surface area (Å²) in [6, 6.07) is 3.32. The van der Waals surface area contributed by atoms with Gasteiger partial charge in [-0.05, 0) is 80.8 Å². The molecule has 1 heterocycles. The Kier molecular flexibility index (Phi) is 4.01. The summed E-state index contributed by atoms with van der Waals surface area (Å²) >= 11 is 1.20. The molecule has 0 unspecified atom stereocenters. The number of aryl methyl sites for hydroxylation is 1. The molecule has 4 bridgehead atoms. The highest BCUT2D eigenvalue weighted by Crippen LogP contribution is 2.61. The van der Waals surface area contributed by atoms with Gasteiger partial charge in [-0.25, -0.2) is 8.42 Å². The molecule has 7 heteroatoms. The Morgan fingerprint density at radius 3 is 2.25 bits per heavy atom. The van der Waals surface area contributed by atoms with Crippen LogP contribution in [0.25, 0.3) is 0 Å². The van der Waals surface area contributed by atoms with Crippen LogP contribution in [0.1, 0.15) is 49.8 Å². The van der Waals surface area contributed by atoms with Gasteiger partial charge >= 0.3 is 0 Å². The van der Waals surface area contributed by atoms with E-state index in [9.17, 15) is 13.2 Å². The largest absolute Gasteiger partial charge is 0.278 e. The van der Waals surface area contributed by atoms with E-state index in [-0.39, 0.29) is 15.5 Å². The highest BCUT2D eigenvalue weighted by atomic mass is 32.2. The zero-order valence-electron chi connectivity index (χ0n) is 13.9. The Labute approximate surface area is 147 Å². The molecule has 5 nitrogen and oxygen atoms in total. The normalized spacial score (nSPS) is 34.5. The predicted octanol–water partition coefficient (Wildman–Crippen LogP) is 2.97. The highest BCUT2D eigenvalue weighted by Gasteiger charge is 2.51. The molecule has 4 aliphatic carbocycles. The SMILES string of the molecule is Cc1ccc(S(=O)(=O)NNC(=O)CC23CC4CC(CC(C4)C2)C3)s1. The Morgan fingerprint density at radius 1 is 1.17 bits per heavy atom. The maximum atomic E-state index is 12.4. The number of hydrogen-bond acceptors (Lipinski definition) is 4. The first-order valence-electron chi connectivity index (χ1n) is 8.71. The van der Waals surface area contributed by atoms with Crippen LogP contribution < -0.4 is 10.3 Å². The number of rotatable bonds is 5. The van der Waals surface area contributed by atoms with Crippen molar-refractivity contribution in [2.75, 3.05) is 0 Å². The molecule has 2 N–H and O–H groups in total. The van der Waals surface area contributed by atoms with Gasteiger partial charge in [0.1, 0.15) is 4.21 Å². The first kappa shape index (κ1) is 16.5. The van der Waals surface area contributed by atoms with E-state index < -0.39 is 10.0 Å². The molecule has 1 aromatic heterocycles. The summed E-state index contributed by atoms with van der Waals surface area (Å²) in [6.45, 7) is 1.86. The van der Waals surface area contributed by atoms with Crippen molar-refractivity contribution in [2.45, 2.75) is 56.1 Å². The monoisotopic (exact) mass is 368 g/mol. The predicted molar refractivity (Wildman–Crippen MR) is 92.7 cm³/mol. The van der Waals surface area contributed by atoms with E-state index in [2.05, 4.69) is 10.3 Å². The van der Waals surface area contributed by atoms with Gasteiger partial charge in [0.25, 0.3) is 10.0 Å². The minimum Gasteiger partial charge on any atom is -0.278 e. The smallest absolute Gasteiger partial charge is 0.266 e. The van der Waals surface area contributed by atoms with Crippen LogP contribution in [-0.4, -0.2) is 14.3 Å². The highest BCUT2D eigenvalue weighted by molar-refractivity contribution is 7.91. The Morgan fingerprint density at radius 2 is 1.75 bits per heavy atom. The maximum Gasteiger partial charge on any atom is 0.266 e. The second kappa shape index (κ2) is 5.81. The molecule has 0 spiro atoms. The van der Waals surface area contributed by atoms with Gasteiger partial charge in [0.2, 0.25) is 5.91 Å². The fourth-order valence-electron chi connectivity index (χ4n) is 5.62. The Balaban J connectivity index is 1.37. The van der Waals surface area contributed by atoms with E-state index in [0.717, 1.165) is 41.9 Å². The van der Waals surface area contributed by atoms with Gasteiger partial charge in [-0.3, -0.25) is 10.2 Å². The van der Waals surface area contributed by atoms with Crippen LogP contribution in [0.3, 0.4) is 0 Å². The van der Waals surface area contributed by atoms with E-state index >= 15 is 0 Å². The van der Waals surface area contributed by atoms with Crippen LogP contribution in [0.4, 0.5) is 0 Å².